The Labute approximate surface area is 127 Å². The summed E-state index contributed by atoms with van der Waals surface area (Å²) in [6, 6.07) is 5.60. The molecular weight excluding hydrogens is 260 g/mol. The maximum absolute atomic E-state index is 10.2. The highest BCUT2D eigenvalue weighted by atomic mass is 16.3. The molecule has 1 aliphatic rings. The Balaban J connectivity index is 2.37. The van der Waals surface area contributed by atoms with E-state index >= 15 is 0 Å². The molecule has 1 aliphatic carbocycles. The summed E-state index contributed by atoms with van der Waals surface area (Å²) in [4.78, 5) is 0. The summed E-state index contributed by atoms with van der Waals surface area (Å²) < 4.78 is 0. The van der Waals surface area contributed by atoms with Crippen LogP contribution in [0, 0.1) is 12.3 Å². The van der Waals surface area contributed by atoms with Crippen molar-refractivity contribution < 1.29 is 10.2 Å². The number of hydrogen-bond acceptors (Lipinski definition) is 2. The van der Waals surface area contributed by atoms with Gasteiger partial charge in [0.05, 0.1) is 6.10 Å². The van der Waals surface area contributed by atoms with E-state index in [1.165, 1.54) is 0 Å². The average Bonchev–Trinajstić information content (AvgIpc) is 2.39. The minimum absolute atomic E-state index is 0.256. The van der Waals surface area contributed by atoms with Gasteiger partial charge in [0.2, 0.25) is 0 Å². The molecule has 2 heteroatoms. The average molecular weight is 284 g/mol. The Morgan fingerprint density at radius 1 is 1.24 bits per heavy atom. The van der Waals surface area contributed by atoms with Gasteiger partial charge in [-0.25, -0.2) is 0 Å². The van der Waals surface area contributed by atoms with Gasteiger partial charge in [0.25, 0.3) is 0 Å². The van der Waals surface area contributed by atoms with Crippen LogP contribution in [0.1, 0.15) is 38.8 Å². The van der Waals surface area contributed by atoms with Crippen molar-refractivity contribution in [2.75, 3.05) is 0 Å². The van der Waals surface area contributed by atoms with Crippen molar-refractivity contribution in [1.29, 1.82) is 0 Å². The van der Waals surface area contributed by atoms with Gasteiger partial charge in [0.1, 0.15) is 5.75 Å². The first-order valence-electron chi connectivity index (χ1n) is 7.28. The molecule has 2 N–H and O–H groups in total. The van der Waals surface area contributed by atoms with Gasteiger partial charge in [-0.2, -0.15) is 0 Å². The summed E-state index contributed by atoms with van der Waals surface area (Å²) in [7, 11) is 0. The molecule has 0 radical (unpaired) electrons. The predicted molar refractivity (Wildman–Crippen MR) is 88.1 cm³/mol. The van der Waals surface area contributed by atoms with Gasteiger partial charge in [-0.05, 0) is 60.8 Å². The number of aryl methyl sites for hydroxylation is 1. The fourth-order valence-corrected chi connectivity index (χ4v) is 2.76. The molecule has 0 saturated heterocycles. The van der Waals surface area contributed by atoms with Crippen molar-refractivity contribution in [3.05, 3.63) is 58.2 Å². The van der Waals surface area contributed by atoms with Crippen LogP contribution in [-0.2, 0) is 0 Å². The van der Waals surface area contributed by atoms with Crippen molar-refractivity contribution in [3.63, 3.8) is 0 Å². The summed E-state index contributed by atoms with van der Waals surface area (Å²) >= 11 is 0. The van der Waals surface area contributed by atoms with Crippen LogP contribution in [0.15, 0.2) is 47.1 Å². The van der Waals surface area contributed by atoms with Crippen molar-refractivity contribution in [2.24, 2.45) is 5.41 Å². The number of aromatic hydroxyl groups is 1. The Kier molecular flexibility index (Phi) is 4.11. The molecule has 1 aromatic carbocycles. The molecule has 1 atom stereocenters. The van der Waals surface area contributed by atoms with Crippen molar-refractivity contribution in [1.82, 2.24) is 0 Å². The van der Waals surface area contributed by atoms with Crippen LogP contribution in [0.3, 0.4) is 0 Å². The van der Waals surface area contributed by atoms with Crippen LogP contribution < -0.4 is 0 Å². The molecule has 1 unspecified atom stereocenters. The van der Waals surface area contributed by atoms with Gasteiger partial charge in [0.15, 0.2) is 0 Å². The van der Waals surface area contributed by atoms with E-state index in [4.69, 9.17) is 0 Å². The summed E-state index contributed by atoms with van der Waals surface area (Å²) in [6.07, 6.45) is 5.86. The molecule has 0 fully saturated rings. The molecule has 21 heavy (non-hydrogen) atoms. The van der Waals surface area contributed by atoms with E-state index in [1.54, 1.807) is 6.07 Å². The molecule has 0 saturated carbocycles. The Bertz CT molecular complexity index is 646. The van der Waals surface area contributed by atoms with E-state index in [0.29, 0.717) is 5.75 Å². The minimum Gasteiger partial charge on any atom is -0.508 e. The number of benzene rings is 1. The zero-order valence-corrected chi connectivity index (χ0v) is 13.4. The lowest BCUT2D eigenvalue weighted by Crippen LogP contribution is -2.31. The predicted octanol–water partition coefficient (Wildman–Crippen LogP) is 4.38. The number of rotatable bonds is 2. The van der Waals surface area contributed by atoms with Crippen LogP contribution in [0.2, 0.25) is 0 Å². The summed E-state index contributed by atoms with van der Waals surface area (Å²) in [5, 5.41) is 19.8. The molecule has 0 aromatic heterocycles. The molecule has 0 heterocycles. The van der Waals surface area contributed by atoms with Crippen molar-refractivity contribution in [2.45, 2.75) is 40.7 Å². The lowest BCUT2D eigenvalue weighted by molar-refractivity contribution is 0.112. The van der Waals surface area contributed by atoms with Crippen molar-refractivity contribution >= 4 is 6.08 Å². The second kappa shape index (κ2) is 5.53. The van der Waals surface area contributed by atoms with Gasteiger partial charge in [-0.3, -0.25) is 0 Å². The number of phenols is 1. The first kappa shape index (κ1) is 15.6. The fourth-order valence-electron chi connectivity index (χ4n) is 2.76. The first-order chi connectivity index (χ1) is 9.70. The largest absolute Gasteiger partial charge is 0.508 e. The Morgan fingerprint density at radius 3 is 2.48 bits per heavy atom. The fraction of sp³-hybridized carbons (Fsp3) is 0.368. The van der Waals surface area contributed by atoms with E-state index in [0.717, 1.165) is 27.8 Å². The monoisotopic (exact) mass is 284 g/mol. The molecular formula is C19H24O2. The maximum atomic E-state index is 10.2. The molecule has 0 spiro atoms. The SMILES string of the molecule is CC(=Cc1ccc(O)c(C)c1)C1=CC(C)(C)C(O)C(C)=C1. The smallest absolute Gasteiger partial charge is 0.118 e. The number of allylic oxidation sites excluding steroid dienone is 3. The van der Waals surface area contributed by atoms with Gasteiger partial charge < -0.3 is 10.2 Å². The summed E-state index contributed by atoms with van der Waals surface area (Å²) in [5.74, 6) is 0.321. The van der Waals surface area contributed by atoms with Crippen LogP contribution in [0.5, 0.6) is 5.75 Å². The summed E-state index contributed by atoms with van der Waals surface area (Å²) in [5.41, 5.74) is 4.98. The molecule has 2 rings (SSSR count). The molecule has 1 aromatic rings. The van der Waals surface area contributed by atoms with Gasteiger partial charge >= 0.3 is 0 Å². The third-order valence-corrected chi connectivity index (χ3v) is 4.11. The molecule has 112 valence electrons. The highest BCUT2D eigenvalue weighted by molar-refractivity contribution is 5.62. The first-order valence-corrected chi connectivity index (χ1v) is 7.28. The van der Waals surface area contributed by atoms with E-state index in [1.807, 2.05) is 39.8 Å². The Hall–Kier alpha value is -1.80. The summed E-state index contributed by atoms with van der Waals surface area (Å²) in [6.45, 7) is 10.0. The van der Waals surface area contributed by atoms with Gasteiger partial charge in [-0.1, -0.05) is 38.1 Å². The highest BCUT2D eigenvalue weighted by Gasteiger charge is 2.30. The van der Waals surface area contributed by atoms with E-state index in [-0.39, 0.29) is 5.41 Å². The van der Waals surface area contributed by atoms with E-state index in [2.05, 4.69) is 25.2 Å². The molecule has 0 aliphatic heterocycles. The standard InChI is InChI=1S/C19H24O2/c1-12(8-15-6-7-17(20)13(2)9-15)16-10-14(3)18(21)19(4,5)11-16/h6-11,18,20-21H,1-5H3. The van der Waals surface area contributed by atoms with Gasteiger partial charge in [0, 0.05) is 5.41 Å². The normalized spacial score (nSPS) is 21.8. The number of aliphatic hydroxyl groups is 1. The van der Waals surface area contributed by atoms with Crippen LogP contribution in [0.4, 0.5) is 0 Å². The molecule has 0 amide bonds. The molecule has 0 bridgehead atoms. The maximum Gasteiger partial charge on any atom is 0.118 e. The van der Waals surface area contributed by atoms with E-state index in [9.17, 15) is 10.2 Å². The number of aliphatic hydroxyl groups excluding tert-OH is 1. The second-order valence-electron chi connectivity index (χ2n) is 6.59. The second-order valence-corrected chi connectivity index (χ2v) is 6.59. The number of phenolic OH excluding ortho intramolecular Hbond substituents is 1. The third-order valence-electron chi connectivity index (χ3n) is 4.11. The topological polar surface area (TPSA) is 40.5 Å². The lowest BCUT2D eigenvalue weighted by atomic mass is 9.76. The molecule has 2 nitrogen and oxygen atoms in total. The van der Waals surface area contributed by atoms with Gasteiger partial charge in [-0.15, -0.1) is 0 Å². The van der Waals surface area contributed by atoms with Crippen molar-refractivity contribution in [3.8, 4) is 5.75 Å². The highest BCUT2D eigenvalue weighted by Crippen LogP contribution is 2.36. The van der Waals surface area contributed by atoms with Crippen LogP contribution in [0.25, 0.3) is 6.08 Å². The quantitative estimate of drug-likeness (QED) is 0.846. The van der Waals surface area contributed by atoms with E-state index < -0.39 is 6.10 Å². The zero-order valence-electron chi connectivity index (χ0n) is 13.4. The number of hydrogen-bond donors (Lipinski definition) is 2. The van der Waals surface area contributed by atoms with Crippen LogP contribution >= 0.6 is 0 Å². The Morgan fingerprint density at radius 2 is 1.90 bits per heavy atom. The minimum atomic E-state index is -0.426. The zero-order chi connectivity index (χ0) is 15.8. The third kappa shape index (κ3) is 3.27. The van der Waals surface area contributed by atoms with Crippen LogP contribution in [-0.4, -0.2) is 16.3 Å². The lowest BCUT2D eigenvalue weighted by Gasteiger charge is -2.33.